The van der Waals surface area contributed by atoms with Crippen LogP contribution in [0.25, 0.3) is 5.69 Å². The average molecular weight is 582 g/mol. The van der Waals surface area contributed by atoms with Crippen LogP contribution in [0.3, 0.4) is 0 Å². The SMILES string of the molecule is COc1ccc(-n2c(C(=O)Nc3ccccc3)c3n(c2=O)CCN(C(=O)c2ccc(Br)c(Cl)c2)C3)cc1. The topological polar surface area (TPSA) is 85.6 Å². The molecule has 5 rings (SSSR count). The van der Waals surface area contributed by atoms with Crippen LogP contribution in [-0.2, 0) is 13.1 Å². The first-order valence-electron chi connectivity index (χ1n) is 11.5. The van der Waals surface area contributed by atoms with Gasteiger partial charge in [0.05, 0.1) is 30.1 Å². The molecule has 37 heavy (non-hydrogen) atoms. The molecule has 0 saturated carbocycles. The number of carbonyl (C=O) groups excluding carboxylic acids is 2. The zero-order valence-corrected chi connectivity index (χ0v) is 22.1. The summed E-state index contributed by atoms with van der Waals surface area (Å²) in [5, 5.41) is 3.31. The number of fused-ring (bicyclic) bond motifs is 1. The molecule has 1 aliphatic rings. The molecule has 0 bridgehead atoms. The highest BCUT2D eigenvalue weighted by Gasteiger charge is 2.32. The number of halogens is 2. The molecular weight excluding hydrogens is 560 g/mol. The van der Waals surface area contributed by atoms with E-state index < -0.39 is 5.91 Å². The van der Waals surface area contributed by atoms with Crippen LogP contribution in [0.2, 0.25) is 5.02 Å². The molecular formula is C27H22BrClN4O4. The monoisotopic (exact) mass is 580 g/mol. The molecule has 10 heteroatoms. The summed E-state index contributed by atoms with van der Waals surface area (Å²) in [7, 11) is 1.56. The molecule has 0 fully saturated rings. The van der Waals surface area contributed by atoms with E-state index in [1.54, 1.807) is 71.2 Å². The summed E-state index contributed by atoms with van der Waals surface area (Å²) >= 11 is 9.55. The summed E-state index contributed by atoms with van der Waals surface area (Å²) < 4.78 is 8.88. The minimum atomic E-state index is -0.450. The van der Waals surface area contributed by atoms with Gasteiger partial charge >= 0.3 is 5.69 Å². The Morgan fingerprint density at radius 2 is 1.73 bits per heavy atom. The second-order valence-corrected chi connectivity index (χ2v) is 9.70. The number of para-hydroxylation sites is 1. The van der Waals surface area contributed by atoms with Gasteiger partial charge in [0.1, 0.15) is 11.4 Å². The normalized spacial score (nSPS) is 12.7. The molecule has 2 heterocycles. The fourth-order valence-electron chi connectivity index (χ4n) is 4.36. The lowest BCUT2D eigenvalue weighted by Crippen LogP contribution is -2.41. The summed E-state index contributed by atoms with van der Waals surface area (Å²) in [5.74, 6) is -0.0606. The van der Waals surface area contributed by atoms with Crippen LogP contribution < -0.4 is 15.7 Å². The largest absolute Gasteiger partial charge is 0.497 e. The molecule has 0 spiro atoms. The van der Waals surface area contributed by atoms with Gasteiger partial charge < -0.3 is 15.0 Å². The number of imidazole rings is 1. The van der Waals surface area contributed by atoms with Crippen molar-refractivity contribution in [3.8, 4) is 11.4 Å². The third-order valence-corrected chi connectivity index (χ3v) is 7.44. The Kier molecular flexibility index (Phi) is 6.90. The van der Waals surface area contributed by atoms with Crippen LogP contribution in [-0.4, -0.2) is 39.5 Å². The summed E-state index contributed by atoms with van der Waals surface area (Å²) in [6.07, 6.45) is 0. The minimum Gasteiger partial charge on any atom is -0.497 e. The van der Waals surface area contributed by atoms with Gasteiger partial charge in [-0.25, -0.2) is 4.79 Å². The van der Waals surface area contributed by atoms with Gasteiger partial charge in [-0.15, -0.1) is 0 Å². The van der Waals surface area contributed by atoms with Crippen molar-refractivity contribution in [1.82, 2.24) is 14.0 Å². The number of anilines is 1. The van der Waals surface area contributed by atoms with Gasteiger partial charge in [0.15, 0.2) is 0 Å². The molecule has 0 saturated heterocycles. The van der Waals surface area contributed by atoms with E-state index in [-0.39, 0.29) is 30.4 Å². The number of carbonyl (C=O) groups is 2. The second kappa shape index (κ2) is 10.3. The lowest BCUT2D eigenvalue weighted by atomic mass is 10.1. The number of nitrogens with zero attached hydrogens (tertiary/aromatic N) is 3. The Balaban J connectivity index is 1.58. The van der Waals surface area contributed by atoms with Crippen molar-refractivity contribution in [1.29, 1.82) is 0 Å². The highest BCUT2D eigenvalue weighted by atomic mass is 79.9. The van der Waals surface area contributed by atoms with E-state index in [1.807, 2.05) is 18.2 Å². The lowest BCUT2D eigenvalue weighted by molar-refractivity contribution is 0.0707. The molecule has 4 aromatic rings. The van der Waals surface area contributed by atoms with E-state index in [1.165, 1.54) is 4.57 Å². The molecule has 1 aliphatic heterocycles. The molecule has 2 amide bonds. The summed E-state index contributed by atoms with van der Waals surface area (Å²) in [4.78, 5) is 42.1. The van der Waals surface area contributed by atoms with Crippen molar-refractivity contribution >= 4 is 45.0 Å². The maximum Gasteiger partial charge on any atom is 0.333 e. The Morgan fingerprint density at radius 1 is 1.00 bits per heavy atom. The first-order chi connectivity index (χ1) is 17.9. The van der Waals surface area contributed by atoms with Gasteiger partial charge in [-0.1, -0.05) is 29.8 Å². The van der Waals surface area contributed by atoms with Gasteiger partial charge in [-0.05, 0) is 70.5 Å². The van der Waals surface area contributed by atoms with E-state index >= 15 is 0 Å². The minimum absolute atomic E-state index is 0.0858. The Hall–Kier alpha value is -3.82. The number of hydrogen-bond acceptors (Lipinski definition) is 4. The number of methoxy groups -OCH3 is 1. The van der Waals surface area contributed by atoms with Crippen LogP contribution in [0, 0.1) is 0 Å². The van der Waals surface area contributed by atoms with Crippen LogP contribution in [0.4, 0.5) is 5.69 Å². The molecule has 0 atom stereocenters. The van der Waals surface area contributed by atoms with Crippen molar-refractivity contribution in [3.05, 3.63) is 110 Å². The second-order valence-electron chi connectivity index (χ2n) is 8.44. The van der Waals surface area contributed by atoms with E-state index in [0.29, 0.717) is 44.4 Å². The van der Waals surface area contributed by atoms with Crippen molar-refractivity contribution in [3.63, 3.8) is 0 Å². The number of aromatic nitrogens is 2. The Morgan fingerprint density at radius 3 is 2.41 bits per heavy atom. The maximum absolute atomic E-state index is 13.6. The lowest BCUT2D eigenvalue weighted by Gasteiger charge is -2.28. The van der Waals surface area contributed by atoms with Crippen LogP contribution in [0.1, 0.15) is 26.5 Å². The zero-order valence-electron chi connectivity index (χ0n) is 19.8. The molecule has 1 aromatic heterocycles. The van der Waals surface area contributed by atoms with Crippen LogP contribution in [0.15, 0.2) is 82.1 Å². The summed E-state index contributed by atoms with van der Waals surface area (Å²) in [6.45, 7) is 0.646. The first-order valence-corrected chi connectivity index (χ1v) is 12.6. The highest BCUT2D eigenvalue weighted by Crippen LogP contribution is 2.26. The van der Waals surface area contributed by atoms with E-state index in [2.05, 4.69) is 21.2 Å². The van der Waals surface area contributed by atoms with Gasteiger partial charge in [-0.2, -0.15) is 0 Å². The van der Waals surface area contributed by atoms with Crippen LogP contribution >= 0.6 is 27.5 Å². The first kappa shape index (κ1) is 24.9. The molecule has 1 N–H and O–H groups in total. The molecule has 0 aliphatic carbocycles. The van der Waals surface area contributed by atoms with E-state index in [4.69, 9.17) is 16.3 Å². The van der Waals surface area contributed by atoms with E-state index in [0.717, 1.165) is 0 Å². The smallest absolute Gasteiger partial charge is 0.333 e. The number of rotatable bonds is 5. The number of benzene rings is 3. The van der Waals surface area contributed by atoms with Crippen molar-refractivity contribution in [2.24, 2.45) is 0 Å². The summed E-state index contributed by atoms with van der Waals surface area (Å²) in [5.41, 5.74) is 1.81. The maximum atomic E-state index is 13.6. The predicted molar refractivity (Wildman–Crippen MR) is 145 cm³/mol. The highest BCUT2D eigenvalue weighted by molar-refractivity contribution is 9.10. The van der Waals surface area contributed by atoms with Gasteiger partial charge in [0, 0.05) is 28.8 Å². The number of hydrogen-bond donors (Lipinski definition) is 1. The van der Waals surface area contributed by atoms with Gasteiger partial charge in [0.25, 0.3) is 11.8 Å². The third-order valence-electron chi connectivity index (χ3n) is 6.21. The van der Waals surface area contributed by atoms with Crippen molar-refractivity contribution < 1.29 is 14.3 Å². The average Bonchev–Trinajstić information content (AvgIpc) is 3.22. The van der Waals surface area contributed by atoms with Crippen molar-refractivity contribution in [2.75, 3.05) is 19.0 Å². The molecule has 0 unspecified atom stereocenters. The Labute approximate surface area is 226 Å². The fraction of sp³-hybridized carbons (Fsp3) is 0.148. The Bertz CT molecular complexity index is 1550. The van der Waals surface area contributed by atoms with Gasteiger partial charge in [-0.3, -0.25) is 18.7 Å². The van der Waals surface area contributed by atoms with E-state index in [9.17, 15) is 14.4 Å². The summed E-state index contributed by atoms with van der Waals surface area (Å²) in [6, 6.07) is 20.9. The fourth-order valence-corrected chi connectivity index (χ4v) is 4.79. The third kappa shape index (κ3) is 4.80. The standard InChI is InChI=1S/C27H22BrClN4O4/c1-37-20-10-8-19(9-11-20)33-24(25(34)30-18-5-3-2-4-6-18)23-16-31(13-14-32(23)27(33)36)26(35)17-7-12-21(28)22(29)15-17/h2-12,15H,13-14,16H2,1H3,(H,30,34). The number of amides is 2. The zero-order chi connectivity index (χ0) is 26.1. The van der Waals surface area contributed by atoms with Gasteiger partial charge in [0.2, 0.25) is 0 Å². The molecule has 188 valence electrons. The molecule has 8 nitrogen and oxygen atoms in total. The van der Waals surface area contributed by atoms with Crippen LogP contribution in [0.5, 0.6) is 5.75 Å². The molecule has 0 radical (unpaired) electrons. The number of ether oxygens (including phenoxy) is 1. The van der Waals surface area contributed by atoms with Crippen molar-refractivity contribution in [2.45, 2.75) is 13.1 Å². The quantitative estimate of drug-likeness (QED) is 0.361. The number of nitrogens with one attached hydrogen (secondary N) is 1. The predicted octanol–water partition coefficient (Wildman–Crippen LogP) is 4.97. The molecule has 3 aromatic carbocycles.